The monoisotopic (exact) mass is 325 g/mol. The van der Waals surface area contributed by atoms with Crippen LogP contribution in [0.4, 0.5) is 5.13 Å². The largest absolute Gasteiger partial charge is 0.320 e. The summed E-state index contributed by atoms with van der Waals surface area (Å²) in [6, 6.07) is 14.2. The van der Waals surface area contributed by atoms with Crippen molar-refractivity contribution in [2.24, 2.45) is 5.73 Å². The van der Waals surface area contributed by atoms with Gasteiger partial charge >= 0.3 is 0 Å². The lowest BCUT2D eigenvalue weighted by Gasteiger charge is -2.10. The molecule has 1 heterocycles. The Kier molecular flexibility index (Phi) is 4.45. The molecule has 6 heteroatoms. The highest BCUT2D eigenvalue weighted by Crippen LogP contribution is 2.26. The number of hydrogen-bond acceptors (Lipinski definition) is 5. The van der Waals surface area contributed by atoms with Crippen LogP contribution in [0.2, 0.25) is 0 Å². The first-order chi connectivity index (χ1) is 11.2. The van der Waals surface area contributed by atoms with Crippen molar-refractivity contribution in [3.05, 3.63) is 59.7 Å². The molecular weight excluding hydrogens is 310 g/mol. The van der Waals surface area contributed by atoms with Crippen LogP contribution in [0.3, 0.4) is 0 Å². The molecule has 5 nitrogen and oxygen atoms in total. The van der Waals surface area contributed by atoms with Crippen LogP contribution >= 0.6 is 11.3 Å². The fraction of sp³-hybridized carbons (Fsp3) is 0.118. The first kappa shape index (κ1) is 15.3. The molecule has 3 N–H and O–H groups in total. The molecule has 2 aromatic carbocycles. The second kappa shape index (κ2) is 6.68. The number of thiazole rings is 1. The number of anilines is 1. The first-order valence-electron chi connectivity index (χ1n) is 7.12. The van der Waals surface area contributed by atoms with Crippen molar-refractivity contribution < 1.29 is 9.59 Å². The van der Waals surface area contributed by atoms with Gasteiger partial charge in [-0.05, 0) is 30.2 Å². The van der Waals surface area contributed by atoms with Gasteiger partial charge in [0.1, 0.15) is 6.29 Å². The number of hydrogen-bond donors (Lipinski definition) is 2. The maximum absolute atomic E-state index is 12.2. The molecule has 0 saturated heterocycles. The maximum Gasteiger partial charge on any atom is 0.243 e. The quantitative estimate of drug-likeness (QED) is 0.706. The number of carbonyl (C=O) groups excluding carboxylic acids is 2. The van der Waals surface area contributed by atoms with Gasteiger partial charge in [-0.3, -0.25) is 9.59 Å². The Labute approximate surface area is 137 Å². The molecule has 116 valence electrons. The summed E-state index contributed by atoms with van der Waals surface area (Å²) >= 11 is 1.32. The van der Waals surface area contributed by atoms with Crippen LogP contribution in [0.15, 0.2) is 48.5 Å². The first-order valence-corrected chi connectivity index (χ1v) is 7.93. The van der Waals surface area contributed by atoms with Crippen LogP contribution in [-0.4, -0.2) is 23.2 Å². The molecular formula is C17H15N3O2S. The molecule has 1 atom stereocenters. The number of nitrogens with two attached hydrogens (primary N) is 1. The van der Waals surface area contributed by atoms with Gasteiger partial charge in [0.05, 0.1) is 16.3 Å². The molecule has 0 spiro atoms. The Morgan fingerprint density at radius 2 is 2.04 bits per heavy atom. The SMILES string of the molecule is N[C@@H](Cc1ccccc1)C(=O)Nc1nc2ccc(C=O)cc2s1. The lowest BCUT2D eigenvalue weighted by molar-refractivity contribution is -0.117. The fourth-order valence-corrected chi connectivity index (χ4v) is 3.14. The number of nitrogens with one attached hydrogen (secondary N) is 1. The van der Waals surface area contributed by atoms with E-state index in [2.05, 4.69) is 10.3 Å². The van der Waals surface area contributed by atoms with Gasteiger partial charge in [0.15, 0.2) is 5.13 Å². The molecule has 0 aliphatic carbocycles. The second-order valence-corrected chi connectivity index (χ2v) is 6.18. The van der Waals surface area contributed by atoms with Gasteiger partial charge in [-0.2, -0.15) is 0 Å². The molecule has 1 amide bonds. The second-order valence-electron chi connectivity index (χ2n) is 5.15. The Balaban J connectivity index is 1.70. The highest BCUT2D eigenvalue weighted by atomic mass is 32.1. The molecule has 0 bridgehead atoms. The summed E-state index contributed by atoms with van der Waals surface area (Å²) in [5.41, 5.74) is 8.29. The van der Waals surface area contributed by atoms with E-state index in [0.29, 0.717) is 17.1 Å². The summed E-state index contributed by atoms with van der Waals surface area (Å²) < 4.78 is 0.849. The molecule has 3 aromatic rings. The molecule has 3 rings (SSSR count). The summed E-state index contributed by atoms with van der Waals surface area (Å²) in [5, 5.41) is 3.23. The van der Waals surface area contributed by atoms with Crippen molar-refractivity contribution in [3.8, 4) is 0 Å². The van der Waals surface area contributed by atoms with E-state index in [9.17, 15) is 9.59 Å². The third-order valence-corrected chi connectivity index (χ3v) is 4.35. The van der Waals surface area contributed by atoms with Crippen molar-refractivity contribution >= 4 is 38.9 Å². The van der Waals surface area contributed by atoms with E-state index < -0.39 is 6.04 Å². The van der Waals surface area contributed by atoms with E-state index in [0.717, 1.165) is 22.1 Å². The Bertz CT molecular complexity index is 845. The van der Waals surface area contributed by atoms with Gasteiger partial charge in [0.25, 0.3) is 0 Å². The summed E-state index contributed by atoms with van der Waals surface area (Å²) in [6.07, 6.45) is 1.25. The van der Waals surface area contributed by atoms with Crippen LogP contribution in [0.1, 0.15) is 15.9 Å². The Morgan fingerprint density at radius 3 is 2.78 bits per heavy atom. The lowest BCUT2D eigenvalue weighted by atomic mass is 10.1. The number of nitrogens with zero attached hydrogens (tertiary/aromatic N) is 1. The molecule has 1 aromatic heterocycles. The molecule has 0 saturated carbocycles. The van der Waals surface area contributed by atoms with Gasteiger partial charge < -0.3 is 11.1 Å². The van der Waals surface area contributed by atoms with E-state index in [1.807, 2.05) is 30.3 Å². The van der Waals surface area contributed by atoms with Crippen molar-refractivity contribution in [2.45, 2.75) is 12.5 Å². The minimum atomic E-state index is -0.644. The van der Waals surface area contributed by atoms with E-state index >= 15 is 0 Å². The van der Waals surface area contributed by atoms with Crippen molar-refractivity contribution in [1.82, 2.24) is 4.98 Å². The van der Waals surface area contributed by atoms with Gasteiger partial charge in [-0.1, -0.05) is 41.7 Å². The molecule has 0 fully saturated rings. The van der Waals surface area contributed by atoms with Crippen LogP contribution < -0.4 is 11.1 Å². The number of carbonyl (C=O) groups is 2. The zero-order valence-electron chi connectivity index (χ0n) is 12.2. The third kappa shape index (κ3) is 3.61. The number of aldehydes is 1. The molecule has 0 aliphatic heterocycles. The highest BCUT2D eigenvalue weighted by Gasteiger charge is 2.16. The third-order valence-electron chi connectivity index (χ3n) is 3.41. The normalized spacial score (nSPS) is 12.0. The predicted molar refractivity (Wildman–Crippen MR) is 91.8 cm³/mol. The summed E-state index contributed by atoms with van der Waals surface area (Å²) in [4.78, 5) is 27.3. The van der Waals surface area contributed by atoms with Gasteiger partial charge in [-0.15, -0.1) is 0 Å². The fourth-order valence-electron chi connectivity index (χ4n) is 2.23. The average molecular weight is 325 g/mol. The topological polar surface area (TPSA) is 85.1 Å². The molecule has 0 radical (unpaired) electrons. The standard InChI is InChI=1S/C17H15N3O2S/c18-13(8-11-4-2-1-3-5-11)16(22)20-17-19-14-7-6-12(10-21)9-15(14)23-17/h1-7,9-10,13H,8,18H2,(H,19,20,22)/t13-/m0/s1. The highest BCUT2D eigenvalue weighted by molar-refractivity contribution is 7.22. The van der Waals surface area contributed by atoms with E-state index in [1.54, 1.807) is 18.2 Å². The van der Waals surface area contributed by atoms with E-state index in [4.69, 9.17) is 5.73 Å². The Hall–Kier alpha value is -2.57. The number of fused-ring (bicyclic) bond motifs is 1. The number of benzene rings is 2. The minimum Gasteiger partial charge on any atom is -0.320 e. The Morgan fingerprint density at radius 1 is 1.26 bits per heavy atom. The van der Waals surface area contributed by atoms with Crippen molar-refractivity contribution in [3.63, 3.8) is 0 Å². The predicted octanol–water partition coefficient (Wildman–Crippen LogP) is 2.62. The van der Waals surface area contributed by atoms with Crippen LogP contribution in [0.25, 0.3) is 10.2 Å². The summed E-state index contributed by atoms with van der Waals surface area (Å²) in [7, 11) is 0. The van der Waals surface area contributed by atoms with Gasteiger partial charge in [-0.25, -0.2) is 4.98 Å². The van der Waals surface area contributed by atoms with Crippen LogP contribution in [0, 0.1) is 0 Å². The van der Waals surface area contributed by atoms with Crippen LogP contribution in [-0.2, 0) is 11.2 Å². The molecule has 23 heavy (non-hydrogen) atoms. The zero-order chi connectivity index (χ0) is 16.2. The number of amides is 1. The van der Waals surface area contributed by atoms with Gasteiger partial charge in [0.2, 0.25) is 5.91 Å². The molecule has 0 aliphatic rings. The smallest absolute Gasteiger partial charge is 0.243 e. The zero-order valence-corrected chi connectivity index (χ0v) is 13.0. The van der Waals surface area contributed by atoms with Crippen molar-refractivity contribution in [2.75, 3.05) is 5.32 Å². The maximum atomic E-state index is 12.2. The summed E-state index contributed by atoms with van der Waals surface area (Å²) in [5.74, 6) is -0.275. The van der Waals surface area contributed by atoms with Crippen molar-refractivity contribution in [1.29, 1.82) is 0 Å². The van der Waals surface area contributed by atoms with Crippen LogP contribution in [0.5, 0.6) is 0 Å². The molecule has 0 unspecified atom stereocenters. The number of rotatable bonds is 5. The lowest BCUT2D eigenvalue weighted by Crippen LogP contribution is -2.37. The minimum absolute atomic E-state index is 0.275. The van der Waals surface area contributed by atoms with E-state index in [1.165, 1.54) is 11.3 Å². The number of aromatic nitrogens is 1. The average Bonchev–Trinajstić information content (AvgIpc) is 2.96. The van der Waals surface area contributed by atoms with Gasteiger partial charge in [0, 0.05) is 5.56 Å². The summed E-state index contributed by atoms with van der Waals surface area (Å²) in [6.45, 7) is 0. The van der Waals surface area contributed by atoms with E-state index in [-0.39, 0.29) is 5.91 Å².